The van der Waals surface area contributed by atoms with Crippen molar-refractivity contribution < 1.29 is 0 Å². The summed E-state index contributed by atoms with van der Waals surface area (Å²) in [6.45, 7) is 6.42. The zero-order chi connectivity index (χ0) is 11.8. The van der Waals surface area contributed by atoms with Crippen molar-refractivity contribution in [2.45, 2.75) is 26.2 Å². The highest BCUT2D eigenvalue weighted by molar-refractivity contribution is 7.10. The highest BCUT2D eigenvalue weighted by Gasteiger charge is 2.18. The fourth-order valence-corrected chi connectivity index (χ4v) is 2.26. The third-order valence-corrected chi connectivity index (χ3v) is 3.48. The van der Waals surface area contributed by atoms with Crippen LogP contribution in [0, 0.1) is 0 Å². The molecule has 5 heteroatoms. The molecular weight excluding hydrogens is 242 g/mol. The van der Waals surface area contributed by atoms with Crippen molar-refractivity contribution in [3.05, 3.63) is 27.9 Å². The number of aromatic nitrogens is 3. The topological polar surface area (TPSA) is 38.7 Å². The van der Waals surface area contributed by atoms with Gasteiger partial charge in [-0.05, 0) is 17.7 Å². The van der Waals surface area contributed by atoms with E-state index in [1.807, 2.05) is 11.4 Å². The molecular formula is C11H12ClN3S. The molecule has 2 aromatic rings. The Kier molecular flexibility index (Phi) is 2.95. The molecule has 0 radical (unpaired) electrons. The van der Waals surface area contributed by atoms with Gasteiger partial charge >= 0.3 is 0 Å². The molecule has 0 saturated heterocycles. The zero-order valence-corrected chi connectivity index (χ0v) is 10.9. The number of hydrogen-bond donors (Lipinski definition) is 0. The van der Waals surface area contributed by atoms with Crippen LogP contribution in [0.25, 0.3) is 11.4 Å². The molecule has 0 bridgehead atoms. The Balaban J connectivity index is 2.39. The maximum Gasteiger partial charge on any atom is 0.222 e. The highest BCUT2D eigenvalue weighted by atomic mass is 35.5. The van der Waals surface area contributed by atoms with Gasteiger partial charge in [0.15, 0.2) is 0 Å². The van der Waals surface area contributed by atoms with Gasteiger partial charge in [-0.2, -0.15) is 0 Å². The molecule has 0 N–H and O–H groups in total. The molecule has 0 aromatic carbocycles. The monoisotopic (exact) mass is 253 g/mol. The Morgan fingerprint density at radius 2 is 1.94 bits per heavy atom. The summed E-state index contributed by atoms with van der Waals surface area (Å²) < 4.78 is 0. The number of rotatable bonds is 1. The van der Waals surface area contributed by atoms with E-state index in [2.05, 4.69) is 35.7 Å². The van der Waals surface area contributed by atoms with Crippen LogP contribution in [0.4, 0.5) is 0 Å². The molecule has 0 aliphatic rings. The predicted octanol–water partition coefficient (Wildman–Crippen LogP) is 3.55. The minimum absolute atomic E-state index is 0.0692. The van der Waals surface area contributed by atoms with Gasteiger partial charge in [0, 0.05) is 17.0 Å². The second-order valence-corrected chi connectivity index (χ2v) is 5.69. The van der Waals surface area contributed by atoms with E-state index in [9.17, 15) is 0 Å². The van der Waals surface area contributed by atoms with Gasteiger partial charge in [-0.1, -0.05) is 20.8 Å². The van der Waals surface area contributed by atoms with Crippen LogP contribution in [0.2, 0.25) is 5.28 Å². The van der Waals surface area contributed by atoms with Crippen molar-refractivity contribution >= 4 is 22.9 Å². The van der Waals surface area contributed by atoms with Gasteiger partial charge in [-0.25, -0.2) is 15.0 Å². The van der Waals surface area contributed by atoms with E-state index < -0.39 is 0 Å². The van der Waals surface area contributed by atoms with Gasteiger partial charge in [0.1, 0.15) is 5.69 Å². The Morgan fingerprint density at radius 1 is 1.19 bits per heavy atom. The standard InChI is InChI=1S/C11H12ClN3S/c1-11(2,3)9-14-8(6-16-9)7-4-5-13-10(12)15-7/h4-6H,1-3H3. The van der Waals surface area contributed by atoms with E-state index in [1.54, 1.807) is 17.5 Å². The van der Waals surface area contributed by atoms with Crippen LogP contribution in [0.1, 0.15) is 25.8 Å². The minimum Gasteiger partial charge on any atom is -0.239 e. The Bertz CT molecular complexity index is 502. The summed E-state index contributed by atoms with van der Waals surface area (Å²) in [6.07, 6.45) is 1.64. The first kappa shape index (κ1) is 11.5. The number of nitrogens with zero attached hydrogens (tertiary/aromatic N) is 3. The molecule has 2 rings (SSSR count). The fraction of sp³-hybridized carbons (Fsp3) is 0.364. The lowest BCUT2D eigenvalue weighted by molar-refractivity contribution is 0.586. The molecule has 0 amide bonds. The summed E-state index contributed by atoms with van der Waals surface area (Å²) in [4.78, 5) is 12.6. The van der Waals surface area contributed by atoms with Crippen LogP contribution in [0.3, 0.4) is 0 Å². The zero-order valence-electron chi connectivity index (χ0n) is 9.36. The van der Waals surface area contributed by atoms with Crippen molar-refractivity contribution in [1.82, 2.24) is 15.0 Å². The van der Waals surface area contributed by atoms with Crippen LogP contribution in [0.5, 0.6) is 0 Å². The molecule has 0 fully saturated rings. The van der Waals surface area contributed by atoms with Gasteiger partial charge in [0.2, 0.25) is 5.28 Å². The van der Waals surface area contributed by atoms with Crippen molar-refractivity contribution in [1.29, 1.82) is 0 Å². The summed E-state index contributed by atoms with van der Waals surface area (Å²) in [6, 6.07) is 1.81. The van der Waals surface area contributed by atoms with E-state index in [4.69, 9.17) is 11.6 Å². The summed E-state index contributed by atoms with van der Waals surface area (Å²) in [5.74, 6) is 0. The molecule has 3 nitrogen and oxygen atoms in total. The molecule has 0 unspecified atom stereocenters. The third-order valence-electron chi connectivity index (χ3n) is 2.03. The molecule has 0 aliphatic carbocycles. The minimum atomic E-state index is 0.0692. The van der Waals surface area contributed by atoms with E-state index >= 15 is 0 Å². The second kappa shape index (κ2) is 4.11. The third kappa shape index (κ3) is 2.39. The lowest BCUT2D eigenvalue weighted by Crippen LogP contribution is -2.10. The summed E-state index contributed by atoms with van der Waals surface area (Å²) in [7, 11) is 0. The predicted molar refractivity (Wildman–Crippen MR) is 66.9 cm³/mol. The quantitative estimate of drug-likeness (QED) is 0.730. The first-order valence-corrected chi connectivity index (χ1v) is 6.17. The summed E-state index contributed by atoms with van der Waals surface area (Å²) in [5, 5.41) is 3.35. The largest absolute Gasteiger partial charge is 0.239 e. The Hall–Kier alpha value is -1.00. The molecule has 0 aliphatic heterocycles. The summed E-state index contributed by atoms with van der Waals surface area (Å²) in [5.41, 5.74) is 1.70. The Labute approximate surface area is 104 Å². The lowest BCUT2D eigenvalue weighted by atomic mass is 9.98. The molecule has 0 saturated carbocycles. The first-order valence-electron chi connectivity index (χ1n) is 4.92. The molecule has 16 heavy (non-hydrogen) atoms. The molecule has 0 atom stereocenters. The number of thiazole rings is 1. The average molecular weight is 254 g/mol. The van der Waals surface area contributed by atoms with Crippen LogP contribution < -0.4 is 0 Å². The molecule has 84 valence electrons. The first-order chi connectivity index (χ1) is 7.47. The fourth-order valence-electron chi connectivity index (χ4n) is 1.21. The van der Waals surface area contributed by atoms with Crippen molar-refractivity contribution in [3.63, 3.8) is 0 Å². The van der Waals surface area contributed by atoms with Crippen LogP contribution >= 0.6 is 22.9 Å². The van der Waals surface area contributed by atoms with E-state index in [0.717, 1.165) is 16.4 Å². The van der Waals surface area contributed by atoms with Crippen LogP contribution in [-0.2, 0) is 5.41 Å². The number of hydrogen-bond acceptors (Lipinski definition) is 4. The van der Waals surface area contributed by atoms with Gasteiger partial charge < -0.3 is 0 Å². The van der Waals surface area contributed by atoms with Crippen molar-refractivity contribution in [2.75, 3.05) is 0 Å². The van der Waals surface area contributed by atoms with Crippen LogP contribution in [0.15, 0.2) is 17.6 Å². The Morgan fingerprint density at radius 3 is 2.50 bits per heavy atom. The highest BCUT2D eigenvalue weighted by Crippen LogP contribution is 2.29. The van der Waals surface area contributed by atoms with Gasteiger partial charge in [-0.3, -0.25) is 0 Å². The average Bonchev–Trinajstić information content (AvgIpc) is 2.65. The number of halogens is 1. The van der Waals surface area contributed by atoms with E-state index in [-0.39, 0.29) is 10.7 Å². The van der Waals surface area contributed by atoms with Gasteiger partial charge in [0.05, 0.1) is 10.7 Å². The summed E-state index contributed by atoms with van der Waals surface area (Å²) >= 11 is 7.39. The maximum absolute atomic E-state index is 5.74. The molecule has 2 heterocycles. The maximum atomic E-state index is 5.74. The van der Waals surface area contributed by atoms with Gasteiger partial charge in [0.25, 0.3) is 0 Å². The van der Waals surface area contributed by atoms with E-state index in [0.29, 0.717) is 0 Å². The van der Waals surface area contributed by atoms with Crippen LogP contribution in [-0.4, -0.2) is 15.0 Å². The smallest absolute Gasteiger partial charge is 0.222 e. The van der Waals surface area contributed by atoms with Crippen molar-refractivity contribution in [2.24, 2.45) is 0 Å². The molecule has 0 spiro atoms. The normalized spacial score (nSPS) is 11.8. The van der Waals surface area contributed by atoms with Gasteiger partial charge in [-0.15, -0.1) is 11.3 Å². The van der Waals surface area contributed by atoms with Crippen molar-refractivity contribution in [3.8, 4) is 11.4 Å². The lowest BCUT2D eigenvalue weighted by Gasteiger charge is -2.13. The van der Waals surface area contributed by atoms with E-state index in [1.165, 1.54) is 0 Å². The second-order valence-electron chi connectivity index (χ2n) is 4.50. The SMILES string of the molecule is CC(C)(C)c1nc(-c2ccnc(Cl)n2)cs1. The molecule has 2 aromatic heterocycles.